The summed E-state index contributed by atoms with van der Waals surface area (Å²) in [6, 6.07) is 8.15. The highest BCUT2D eigenvalue weighted by atomic mass is 16.6. The summed E-state index contributed by atoms with van der Waals surface area (Å²) in [5.74, 6) is 0.475. The van der Waals surface area contributed by atoms with Crippen LogP contribution < -0.4 is 19.6 Å². The highest BCUT2D eigenvalue weighted by molar-refractivity contribution is 5.87. The number of hydrazone groups is 1. The van der Waals surface area contributed by atoms with E-state index in [1.54, 1.807) is 6.07 Å². The van der Waals surface area contributed by atoms with Gasteiger partial charge in [0, 0.05) is 17.7 Å². The summed E-state index contributed by atoms with van der Waals surface area (Å²) in [5, 5.41) is 14.9. The van der Waals surface area contributed by atoms with Crippen LogP contribution in [0.5, 0.6) is 17.2 Å². The van der Waals surface area contributed by atoms with Crippen LogP contribution in [0.2, 0.25) is 0 Å². The molecule has 0 aliphatic heterocycles. The molecule has 28 heavy (non-hydrogen) atoms. The van der Waals surface area contributed by atoms with E-state index in [4.69, 9.17) is 14.2 Å². The molecule has 1 amide bonds. The minimum absolute atomic E-state index is 0.0600. The summed E-state index contributed by atoms with van der Waals surface area (Å²) in [6.45, 7) is 3.71. The van der Waals surface area contributed by atoms with E-state index in [9.17, 15) is 14.9 Å². The molecule has 2 aromatic rings. The lowest BCUT2D eigenvalue weighted by molar-refractivity contribution is -0.385. The van der Waals surface area contributed by atoms with Crippen molar-refractivity contribution >= 4 is 17.8 Å². The quantitative estimate of drug-likeness (QED) is 0.423. The van der Waals surface area contributed by atoms with Gasteiger partial charge in [0.25, 0.3) is 5.91 Å². The number of benzene rings is 2. The number of rotatable bonds is 8. The molecule has 2 rings (SSSR count). The predicted octanol–water partition coefficient (Wildman–Crippen LogP) is 2.76. The van der Waals surface area contributed by atoms with Crippen LogP contribution in [0.1, 0.15) is 16.7 Å². The lowest BCUT2D eigenvalue weighted by atomic mass is 10.1. The number of methoxy groups -OCH3 is 2. The Balaban J connectivity index is 2.02. The Morgan fingerprint density at radius 2 is 1.86 bits per heavy atom. The fourth-order valence-corrected chi connectivity index (χ4v) is 2.31. The molecule has 1 N–H and O–H groups in total. The van der Waals surface area contributed by atoms with Gasteiger partial charge in [-0.3, -0.25) is 14.9 Å². The first-order valence-electron chi connectivity index (χ1n) is 8.28. The molecule has 0 aromatic heterocycles. The lowest BCUT2D eigenvalue weighted by Gasteiger charge is -2.08. The Bertz CT molecular complexity index is 911. The molecule has 0 saturated carbocycles. The standard InChI is InChI=1S/C19H21N3O6/c1-12-5-6-15(7-13(12)2)28-11-19(23)21-20-10-14-8-16(22(24)25)18(27-4)9-17(14)26-3/h5-10H,11H2,1-4H3,(H,21,23). The van der Waals surface area contributed by atoms with E-state index in [0.29, 0.717) is 17.1 Å². The zero-order chi connectivity index (χ0) is 20.7. The first-order valence-corrected chi connectivity index (χ1v) is 8.28. The van der Waals surface area contributed by atoms with Gasteiger partial charge in [-0.25, -0.2) is 5.43 Å². The van der Waals surface area contributed by atoms with Crippen LogP contribution >= 0.6 is 0 Å². The number of carbonyl (C=O) groups excluding carboxylic acids is 1. The summed E-state index contributed by atoms with van der Waals surface area (Å²) in [7, 11) is 2.74. The normalized spacial score (nSPS) is 10.6. The van der Waals surface area contributed by atoms with E-state index in [1.807, 2.05) is 26.0 Å². The molecular weight excluding hydrogens is 366 g/mol. The maximum absolute atomic E-state index is 11.9. The zero-order valence-electron chi connectivity index (χ0n) is 16.0. The van der Waals surface area contributed by atoms with Crippen molar-refractivity contribution in [2.75, 3.05) is 20.8 Å². The Kier molecular flexibility index (Phi) is 6.91. The summed E-state index contributed by atoms with van der Waals surface area (Å²) in [6.07, 6.45) is 1.25. The number of amides is 1. The van der Waals surface area contributed by atoms with E-state index in [1.165, 1.54) is 32.6 Å². The van der Waals surface area contributed by atoms with Gasteiger partial charge in [0.15, 0.2) is 6.61 Å². The first kappa shape index (κ1) is 20.7. The lowest BCUT2D eigenvalue weighted by Crippen LogP contribution is -2.24. The van der Waals surface area contributed by atoms with Gasteiger partial charge in [0.05, 0.1) is 25.4 Å². The van der Waals surface area contributed by atoms with Crippen LogP contribution in [0.25, 0.3) is 0 Å². The topological polar surface area (TPSA) is 112 Å². The summed E-state index contributed by atoms with van der Waals surface area (Å²) >= 11 is 0. The monoisotopic (exact) mass is 387 g/mol. The first-order chi connectivity index (χ1) is 13.3. The summed E-state index contributed by atoms with van der Waals surface area (Å²) < 4.78 is 15.6. The average molecular weight is 387 g/mol. The van der Waals surface area contributed by atoms with Gasteiger partial charge >= 0.3 is 5.69 Å². The van der Waals surface area contributed by atoms with Crippen molar-refractivity contribution in [2.45, 2.75) is 13.8 Å². The molecule has 148 valence electrons. The maximum atomic E-state index is 11.9. The van der Waals surface area contributed by atoms with E-state index in [-0.39, 0.29) is 18.0 Å². The van der Waals surface area contributed by atoms with Gasteiger partial charge in [0.2, 0.25) is 5.75 Å². The van der Waals surface area contributed by atoms with Crippen LogP contribution in [-0.4, -0.2) is 37.9 Å². The third kappa shape index (κ3) is 5.19. The van der Waals surface area contributed by atoms with Gasteiger partial charge in [-0.05, 0) is 37.1 Å². The van der Waals surface area contributed by atoms with E-state index < -0.39 is 10.8 Å². The highest BCUT2D eigenvalue weighted by Gasteiger charge is 2.18. The largest absolute Gasteiger partial charge is 0.496 e. The molecule has 0 unspecified atom stereocenters. The van der Waals surface area contributed by atoms with E-state index in [0.717, 1.165) is 11.1 Å². The van der Waals surface area contributed by atoms with Gasteiger partial charge in [-0.1, -0.05) is 6.07 Å². The Labute approximate surface area is 162 Å². The molecule has 2 aromatic carbocycles. The van der Waals surface area contributed by atoms with Crippen LogP contribution in [-0.2, 0) is 4.79 Å². The molecule has 0 bridgehead atoms. The molecular formula is C19H21N3O6. The number of hydrogen-bond donors (Lipinski definition) is 1. The number of nitro benzene ring substituents is 1. The third-order valence-electron chi connectivity index (χ3n) is 3.97. The molecule has 0 atom stereocenters. The maximum Gasteiger partial charge on any atom is 0.311 e. The molecule has 0 heterocycles. The van der Waals surface area contributed by atoms with Crippen molar-refractivity contribution in [1.29, 1.82) is 0 Å². The minimum Gasteiger partial charge on any atom is -0.496 e. The second kappa shape index (κ2) is 9.36. The van der Waals surface area contributed by atoms with Crippen molar-refractivity contribution < 1.29 is 23.9 Å². The number of nitrogens with zero attached hydrogens (tertiary/aromatic N) is 2. The van der Waals surface area contributed by atoms with Gasteiger partial charge in [0.1, 0.15) is 11.5 Å². The number of hydrogen-bond acceptors (Lipinski definition) is 7. The van der Waals surface area contributed by atoms with Crippen LogP contribution in [0.3, 0.4) is 0 Å². The molecule has 0 spiro atoms. The van der Waals surface area contributed by atoms with Crippen LogP contribution in [0.4, 0.5) is 5.69 Å². The predicted molar refractivity (Wildman–Crippen MR) is 103 cm³/mol. The zero-order valence-corrected chi connectivity index (χ0v) is 16.0. The van der Waals surface area contributed by atoms with Crippen molar-refractivity contribution in [3.8, 4) is 17.2 Å². The van der Waals surface area contributed by atoms with Gasteiger partial charge < -0.3 is 14.2 Å². The van der Waals surface area contributed by atoms with Crippen molar-refractivity contribution in [2.24, 2.45) is 5.10 Å². The number of nitro groups is 1. The molecule has 0 aliphatic carbocycles. The molecule has 9 nitrogen and oxygen atoms in total. The molecule has 0 fully saturated rings. The Morgan fingerprint density at radius 1 is 1.14 bits per heavy atom. The smallest absolute Gasteiger partial charge is 0.311 e. The average Bonchev–Trinajstić information content (AvgIpc) is 2.68. The molecule has 0 aliphatic rings. The Morgan fingerprint density at radius 3 is 2.46 bits per heavy atom. The van der Waals surface area contributed by atoms with Crippen molar-refractivity contribution in [3.63, 3.8) is 0 Å². The SMILES string of the molecule is COc1cc(OC)c([N+](=O)[O-])cc1C=NNC(=O)COc1ccc(C)c(C)c1. The summed E-state index contributed by atoms with van der Waals surface area (Å²) in [5.41, 5.74) is 4.56. The van der Waals surface area contributed by atoms with Crippen LogP contribution in [0.15, 0.2) is 35.4 Å². The second-order valence-corrected chi connectivity index (χ2v) is 5.85. The number of nitrogens with one attached hydrogen (secondary N) is 1. The van der Waals surface area contributed by atoms with E-state index >= 15 is 0 Å². The Hall–Kier alpha value is -3.62. The molecule has 0 radical (unpaired) electrons. The highest BCUT2D eigenvalue weighted by Crippen LogP contribution is 2.33. The van der Waals surface area contributed by atoms with Gasteiger partial charge in [-0.15, -0.1) is 0 Å². The van der Waals surface area contributed by atoms with Crippen molar-refractivity contribution in [3.05, 3.63) is 57.1 Å². The molecule has 9 heteroatoms. The summed E-state index contributed by atoms with van der Waals surface area (Å²) in [4.78, 5) is 22.4. The fourth-order valence-electron chi connectivity index (χ4n) is 2.31. The van der Waals surface area contributed by atoms with Gasteiger partial charge in [-0.2, -0.15) is 5.10 Å². The number of carbonyl (C=O) groups is 1. The molecule has 0 saturated heterocycles. The fraction of sp³-hybridized carbons (Fsp3) is 0.263. The second-order valence-electron chi connectivity index (χ2n) is 5.85. The number of aryl methyl sites for hydroxylation is 2. The number of ether oxygens (including phenoxy) is 3. The van der Waals surface area contributed by atoms with Crippen molar-refractivity contribution in [1.82, 2.24) is 5.43 Å². The van der Waals surface area contributed by atoms with E-state index in [2.05, 4.69) is 10.5 Å². The third-order valence-corrected chi connectivity index (χ3v) is 3.97. The minimum atomic E-state index is -0.578. The van der Waals surface area contributed by atoms with Crippen LogP contribution in [0, 0.1) is 24.0 Å².